The molecule has 3 rings (SSSR count). The Hall–Kier alpha value is -1.99. The summed E-state index contributed by atoms with van der Waals surface area (Å²) in [6, 6.07) is 6.35. The van der Waals surface area contributed by atoms with Crippen molar-refractivity contribution in [1.29, 1.82) is 0 Å². The van der Waals surface area contributed by atoms with Crippen molar-refractivity contribution in [2.24, 2.45) is 0 Å². The SMILES string of the molecule is O=C(CCN1CCOCC1)N1CCN(C(=O)Cc2ccccc2F)CC1. The summed E-state index contributed by atoms with van der Waals surface area (Å²) in [6.07, 6.45) is 0.570. The molecule has 2 heterocycles. The number of carbonyl (C=O) groups excluding carboxylic acids is 2. The number of halogens is 1. The van der Waals surface area contributed by atoms with Crippen LogP contribution >= 0.6 is 0 Å². The number of piperazine rings is 1. The molecule has 0 aromatic heterocycles. The molecule has 0 radical (unpaired) electrons. The van der Waals surface area contributed by atoms with Gasteiger partial charge in [-0.3, -0.25) is 14.5 Å². The first-order valence-electron chi connectivity index (χ1n) is 9.22. The molecule has 2 saturated heterocycles. The van der Waals surface area contributed by atoms with Gasteiger partial charge in [-0.1, -0.05) is 18.2 Å². The Bertz CT molecular complexity index is 626. The number of ether oxygens (including phenoxy) is 1. The van der Waals surface area contributed by atoms with E-state index in [0.717, 1.165) is 32.8 Å². The second-order valence-electron chi connectivity index (χ2n) is 6.73. The first kappa shape index (κ1) is 18.8. The standard InChI is InChI=1S/C19H26FN3O3/c20-17-4-2-1-3-16(17)15-19(25)23-9-7-22(8-10-23)18(24)5-6-21-11-13-26-14-12-21/h1-4H,5-15H2. The molecule has 2 fully saturated rings. The van der Waals surface area contributed by atoms with Crippen LogP contribution in [0.2, 0.25) is 0 Å². The fourth-order valence-electron chi connectivity index (χ4n) is 3.36. The lowest BCUT2D eigenvalue weighted by atomic mass is 10.1. The van der Waals surface area contributed by atoms with E-state index in [4.69, 9.17) is 4.74 Å². The number of amides is 2. The first-order chi connectivity index (χ1) is 12.6. The van der Waals surface area contributed by atoms with Crippen molar-refractivity contribution in [2.45, 2.75) is 12.8 Å². The van der Waals surface area contributed by atoms with Crippen molar-refractivity contribution < 1.29 is 18.7 Å². The van der Waals surface area contributed by atoms with Gasteiger partial charge in [-0.25, -0.2) is 4.39 Å². The summed E-state index contributed by atoms with van der Waals surface area (Å²) in [5.41, 5.74) is 0.418. The number of hydrogen-bond acceptors (Lipinski definition) is 4. The molecule has 142 valence electrons. The Balaban J connectivity index is 1.41. The van der Waals surface area contributed by atoms with Crippen LogP contribution in [0.5, 0.6) is 0 Å². The minimum Gasteiger partial charge on any atom is -0.379 e. The third-order valence-electron chi connectivity index (χ3n) is 5.03. The Morgan fingerprint density at radius 1 is 0.923 bits per heavy atom. The molecule has 0 unspecified atom stereocenters. The summed E-state index contributed by atoms with van der Waals surface area (Å²) in [5.74, 6) is -0.300. The number of rotatable bonds is 5. The number of benzene rings is 1. The molecule has 6 nitrogen and oxygen atoms in total. The number of carbonyl (C=O) groups is 2. The Kier molecular flexibility index (Phi) is 6.57. The average molecular weight is 363 g/mol. The van der Waals surface area contributed by atoms with E-state index in [0.29, 0.717) is 38.2 Å². The van der Waals surface area contributed by atoms with Crippen LogP contribution in [0.15, 0.2) is 24.3 Å². The molecule has 7 heteroatoms. The zero-order chi connectivity index (χ0) is 18.4. The molecule has 1 aromatic rings. The van der Waals surface area contributed by atoms with E-state index in [-0.39, 0.29) is 24.1 Å². The van der Waals surface area contributed by atoms with Crippen LogP contribution in [0.3, 0.4) is 0 Å². The van der Waals surface area contributed by atoms with Crippen molar-refractivity contribution >= 4 is 11.8 Å². The highest BCUT2D eigenvalue weighted by Gasteiger charge is 2.25. The summed E-state index contributed by atoms with van der Waals surface area (Å²) in [5, 5.41) is 0. The summed E-state index contributed by atoms with van der Waals surface area (Å²) >= 11 is 0. The van der Waals surface area contributed by atoms with Gasteiger partial charge in [0, 0.05) is 52.2 Å². The summed E-state index contributed by atoms with van der Waals surface area (Å²) in [6.45, 7) is 6.10. The third-order valence-corrected chi connectivity index (χ3v) is 5.03. The van der Waals surface area contributed by atoms with Gasteiger partial charge in [0.25, 0.3) is 0 Å². The van der Waals surface area contributed by atoms with Gasteiger partial charge in [0.2, 0.25) is 11.8 Å². The fraction of sp³-hybridized carbons (Fsp3) is 0.579. The van der Waals surface area contributed by atoms with Crippen LogP contribution in [-0.2, 0) is 20.7 Å². The minimum atomic E-state index is -0.349. The van der Waals surface area contributed by atoms with Gasteiger partial charge in [0.1, 0.15) is 5.82 Å². The number of morpholine rings is 1. The van der Waals surface area contributed by atoms with Crippen LogP contribution in [0.25, 0.3) is 0 Å². The van der Waals surface area contributed by atoms with E-state index in [1.807, 2.05) is 4.90 Å². The molecule has 2 amide bonds. The van der Waals surface area contributed by atoms with Crippen LogP contribution < -0.4 is 0 Å². The topological polar surface area (TPSA) is 53.1 Å². The van der Waals surface area contributed by atoms with Crippen molar-refractivity contribution in [3.63, 3.8) is 0 Å². The van der Waals surface area contributed by atoms with Gasteiger partial charge < -0.3 is 14.5 Å². The van der Waals surface area contributed by atoms with Gasteiger partial charge in [0.15, 0.2) is 0 Å². The predicted molar refractivity (Wildman–Crippen MR) is 95.1 cm³/mol. The van der Waals surface area contributed by atoms with Crippen molar-refractivity contribution in [1.82, 2.24) is 14.7 Å². The second kappa shape index (κ2) is 9.09. The second-order valence-corrected chi connectivity index (χ2v) is 6.73. The van der Waals surface area contributed by atoms with Crippen molar-refractivity contribution in [3.05, 3.63) is 35.6 Å². The van der Waals surface area contributed by atoms with Gasteiger partial charge in [-0.15, -0.1) is 0 Å². The molecule has 0 aliphatic carbocycles. The Morgan fingerprint density at radius 2 is 1.54 bits per heavy atom. The summed E-state index contributed by atoms with van der Waals surface area (Å²) in [7, 11) is 0. The van der Waals surface area contributed by atoms with Gasteiger partial charge in [-0.2, -0.15) is 0 Å². The van der Waals surface area contributed by atoms with E-state index in [9.17, 15) is 14.0 Å². The first-order valence-corrected chi connectivity index (χ1v) is 9.22. The maximum atomic E-state index is 13.7. The molecule has 0 N–H and O–H groups in total. The molecular weight excluding hydrogens is 337 g/mol. The largest absolute Gasteiger partial charge is 0.379 e. The fourth-order valence-corrected chi connectivity index (χ4v) is 3.36. The average Bonchev–Trinajstić information content (AvgIpc) is 2.69. The smallest absolute Gasteiger partial charge is 0.227 e. The molecule has 0 spiro atoms. The van der Waals surface area contributed by atoms with Crippen LogP contribution in [0, 0.1) is 5.82 Å². The lowest BCUT2D eigenvalue weighted by molar-refractivity contribution is -0.139. The molecule has 0 saturated carbocycles. The Morgan fingerprint density at radius 3 is 2.19 bits per heavy atom. The van der Waals surface area contributed by atoms with Gasteiger partial charge in [-0.05, 0) is 11.6 Å². The van der Waals surface area contributed by atoms with E-state index in [1.165, 1.54) is 6.07 Å². The zero-order valence-corrected chi connectivity index (χ0v) is 15.0. The van der Waals surface area contributed by atoms with Gasteiger partial charge in [0.05, 0.1) is 19.6 Å². The van der Waals surface area contributed by atoms with E-state index in [2.05, 4.69) is 4.90 Å². The molecular formula is C19H26FN3O3. The highest BCUT2D eigenvalue weighted by Crippen LogP contribution is 2.11. The number of nitrogens with zero attached hydrogens (tertiary/aromatic N) is 3. The van der Waals surface area contributed by atoms with Crippen molar-refractivity contribution in [2.75, 3.05) is 59.0 Å². The normalized spacial score (nSPS) is 18.8. The zero-order valence-electron chi connectivity index (χ0n) is 15.0. The van der Waals surface area contributed by atoms with Crippen LogP contribution in [0.4, 0.5) is 4.39 Å². The predicted octanol–water partition coefficient (Wildman–Crippen LogP) is 0.761. The molecule has 26 heavy (non-hydrogen) atoms. The van der Waals surface area contributed by atoms with E-state index < -0.39 is 0 Å². The van der Waals surface area contributed by atoms with Gasteiger partial charge >= 0.3 is 0 Å². The van der Waals surface area contributed by atoms with E-state index in [1.54, 1.807) is 23.1 Å². The summed E-state index contributed by atoms with van der Waals surface area (Å²) in [4.78, 5) is 30.5. The van der Waals surface area contributed by atoms with Crippen LogP contribution in [-0.4, -0.2) is 85.5 Å². The molecule has 2 aliphatic rings. The summed E-state index contributed by atoms with van der Waals surface area (Å²) < 4.78 is 19.0. The molecule has 1 aromatic carbocycles. The molecule has 0 atom stereocenters. The highest BCUT2D eigenvalue weighted by molar-refractivity contribution is 5.80. The molecule has 0 bridgehead atoms. The monoisotopic (exact) mass is 363 g/mol. The number of hydrogen-bond donors (Lipinski definition) is 0. The lowest BCUT2D eigenvalue weighted by Gasteiger charge is -2.35. The maximum absolute atomic E-state index is 13.7. The maximum Gasteiger partial charge on any atom is 0.227 e. The highest BCUT2D eigenvalue weighted by atomic mass is 19.1. The van der Waals surface area contributed by atoms with Crippen LogP contribution in [0.1, 0.15) is 12.0 Å². The lowest BCUT2D eigenvalue weighted by Crippen LogP contribution is -2.51. The third kappa shape index (κ3) is 5.02. The van der Waals surface area contributed by atoms with E-state index >= 15 is 0 Å². The van der Waals surface area contributed by atoms with Crippen molar-refractivity contribution in [3.8, 4) is 0 Å². The minimum absolute atomic E-state index is 0.0671. The quantitative estimate of drug-likeness (QED) is 0.775. The Labute approximate surface area is 153 Å². The molecule has 2 aliphatic heterocycles.